The summed E-state index contributed by atoms with van der Waals surface area (Å²) in [6.45, 7) is 0.823. The first-order valence-electron chi connectivity index (χ1n) is 7.78. The number of ether oxygens (including phenoxy) is 1. The van der Waals surface area contributed by atoms with Gasteiger partial charge >= 0.3 is 0 Å². The summed E-state index contributed by atoms with van der Waals surface area (Å²) in [5.74, 6) is 0.394. The van der Waals surface area contributed by atoms with E-state index in [1.165, 1.54) is 27.1 Å². The predicted molar refractivity (Wildman–Crippen MR) is 90.3 cm³/mol. The van der Waals surface area contributed by atoms with E-state index in [-0.39, 0.29) is 5.60 Å². The fraction of sp³-hybridized carbons (Fsp3) is 0.200. The van der Waals surface area contributed by atoms with Gasteiger partial charge in [-0.25, -0.2) is 0 Å². The summed E-state index contributed by atoms with van der Waals surface area (Å²) in [4.78, 5) is 1.39. The van der Waals surface area contributed by atoms with Crippen LogP contribution in [-0.2, 0) is 10.3 Å². The van der Waals surface area contributed by atoms with Gasteiger partial charge in [0, 0.05) is 23.0 Å². The second kappa shape index (κ2) is 4.55. The second-order valence-electron chi connectivity index (χ2n) is 6.05. The van der Waals surface area contributed by atoms with Crippen LogP contribution in [0.15, 0.2) is 66.0 Å². The summed E-state index contributed by atoms with van der Waals surface area (Å²) in [6, 6.07) is 21.9. The minimum Gasteiger partial charge on any atom is -0.365 e. The van der Waals surface area contributed by atoms with E-state index in [1.54, 1.807) is 0 Å². The fourth-order valence-corrected chi connectivity index (χ4v) is 5.21. The molecule has 1 aromatic heterocycles. The van der Waals surface area contributed by atoms with Crippen molar-refractivity contribution in [3.63, 3.8) is 0 Å². The van der Waals surface area contributed by atoms with Gasteiger partial charge < -0.3 is 4.74 Å². The van der Waals surface area contributed by atoms with E-state index in [2.05, 4.69) is 66.0 Å². The molecule has 0 amide bonds. The standard InChI is InChI=1S/C20H16OS/c1-2-6-14(7-3-1)16-10-12-21-20(16)17-9-5-4-8-15(17)19-18(20)11-13-22-19/h1-9,11,13,16H,10,12H2. The molecule has 2 unspecified atom stereocenters. The van der Waals surface area contributed by atoms with Gasteiger partial charge in [-0.05, 0) is 34.6 Å². The Morgan fingerprint density at radius 1 is 0.909 bits per heavy atom. The third kappa shape index (κ3) is 1.47. The van der Waals surface area contributed by atoms with E-state index >= 15 is 0 Å². The van der Waals surface area contributed by atoms with Crippen LogP contribution in [0.2, 0.25) is 0 Å². The third-order valence-corrected chi connectivity index (χ3v) is 6.01. The van der Waals surface area contributed by atoms with Crippen LogP contribution in [0.5, 0.6) is 0 Å². The van der Waals surface area contributed by atoms with Crippen LogP contribution in [0, 0.1) is 0 Å². The smallest absolute Gasteiger partial charge is 0.127 e. The lowest BCUT2D eigenvalue weighted by atomic mass is 9.76. The lowest BCUT2D eigenvalue weighted by Crippen LogP contribution is -2.30. The molecule has 2 atom stereocenters. The molecule has 22 heavy (non-hydrogen) atoms. The zero-order valence-electron chi connectivity index (χ0n) is 12.2. The lowest BCUT2D eigenvalue weighted by molar-refractivity contribution is 0.0302. The van der Waals surface area contributed by atoms with Gasteiger partial charge in [0.25, 0.3) is 0 Å². The van der Waals surface area contributed by atoms with Crippen LogP contribution in [0.4, 0.5) is 0 Å². The van der Waals surface area contributed by atoms with E-state index in [0.29, 0.717) is 5.92 Å². The van der Waals surface area contributed by atoms with Gasteiger partial charge in [0.15, 0.2) is 0 Å². The van der Waals surface area contributed by atoms with Crippen LogP contribution in [-0.4, -0.2) is 6.61 Å². The molecule has 108 valence electrons. The van der Waals surface area contributed by atoms with E-state index in [0.717, 1.165) is 13.0 Å². The number of thiophene rings is 1. The predicted octanol–water partition coefficient (Wildman–Crippen LogP) is 5.18. The molecule has 2 aromatic carbocycles. The molecule has 0 saturated carbocycles. The summed E-state index contributed by atoms with van der Waals surface area (Å²) in [6.07, 6.45) is 1.08. The van der Waals surface area contributed by atoms with Crippen LogP contribution >= 0.6 is 11.3 Å². The Morgan fingerprint density at radius 2 is 1.73 bits per heavy atom. The maximum atomic E-state index is 6.49. The van der Waals surface area contributed by atoms with E-state index < -0.39 is 0 Å². The third-order valence-electron chi connectivity index (χ3n) is 5.07. The van der Waals surface area contributed by atoms with Crippen LogP contribution < -0.4 is 0 Å². The van der Waals surface area contributed by atoms with Gasteiger partial charge in [0.2, 0.25) is 0 Å². The van der Waals surface area contributed by atoms with E-state index in [9.17, 15) is 0 Å². The summed E-state index contributed by atoms with van der Waals surface area (Å²) in [7, 11) is 0. The minimum atomic E-state index is -0.284. The Bertz CT molecular complexity index is 836. The van der Waals surface area contributed by atoms with Gasteiger partial charge in [-0.2, -0.15) is 0 Å². The Kier molecular flexibility index (Phi) is 2.61. The Morgan fingerprint density at radius 3 is 2.64 bits per heavy atom. The molecule has 3 aromatic rings. The fourth-order valence-electron chi connectivity index (χ4n) is 4.22. The minimum absolute atomic E-state index is 0.284. The normalized spacial score (nSPS) is 25.4. The van der Waals surface area contributed by atoms with Crippen molar-refractivity contribution in [2.24, 2.45) is 0 Å². The first-order valence-corrected chi connectivity index (χ1v) is 8.66. The van der Waals surface area contributed by atoms with Gasteiger partial charge in [-0.1, -0.05) is 54.6 Å². The molecule has 0 radical (unpaired) electrons. The molecule has 2 heteroatoms. The molecule has 2 aliphatic rings. The largest absolute Gasteiger partial charge is 0.365 e. The van der Waals surface area contributed by atoms with Crippen LogP contribution in [0.25, 0.3) is 10.4 Å². The van der Waals surface area contributed by atoms with Gasteiger partial charge in [-0.3, -0.25) is 0 Å². The highest BCUT2D eigenvalue weighted by Crippen LogP contribution is 2.60. The van der Waals surface area contributed by atoms with Crippen molar-refractivity contribution in [2.75, 3.05) is 6.61 Å². The molecular weight excluding hydrogens is 288 g/mol. The van der Waals surface area contributed by atoms with Gasteiger partial charge in [0.1, 0.15) is 5.60 Å². The molecule has 2 heterocycles. The highest BCUT2D eigenvalue weighted by atomic mass is 32.1. The number of hydrogen-bond donors (Lipinski definition) is 0. The molecule has 1 saturated heterocycles. The molecule has 1 aliphatic carbocycles. The topological polar surface area (TPSA) is 9.23 Å². The van der Waals surface area contributed by atoms with Crippen molar-refractivity contribution >= 4 is 11.3 Å². The molecule has 5 rings (SSSR count). The Balaban J connectivity index is 1.80. The molecule has 0 bridgehead atoms. The summed E-state index contributed by atoms with van der Waals surface area (Å²) in [5, 5.41) is 2.20. The lowest BCUT2D eigenvalue weighted by Gasteiger charge is -2.32. The second-order valence-corrected chi connectivity index (χ2v) is 6.96. The molecular formula is C20H16OS. The molecule has 0 N–H and O–H groups in total. The number of benzene rings is 2. The number of hydrogen-bond acceptors (Lipinski definition) is 2. The maximum absolute atomic E-state index is 6.49. The SMILES string of the molecule is c1ccc(C2CCOC23c2ccccc2-c2sccc23)cc1. The Hall–Kier alpha value is -1.90. The number of rotatable bonds is 1. The quantitative estimate of drug-likeness (QED) is 0.602. The van der Waals surface area contributed by atoms with Crippen LogP contribution in [0.1, 0.15) is 29.0 Å². The van der Waals surface area contributed by atoms with Gasteiger partial charge in [-0.15, -0.1) is 11.3 Å². The summed E-state index contributed by atoms with van der Waals surface area (Å²) >= 11 is 1.83. The maximum Gasteiger partial charge on any atom is 0.127 e. The molecule has 1 fully saturated rings. The monoisotopic (exact) mass is 304 g/mol. The zero-order valence-corrected chi connectivity index (χ0v) is 13.0. The Labute approximate surface area is 134 Å². The first kappa shape index (κ1) is 12.6. The highest BCUT2D eigenvalue weighted by molar-refractivity contribution is 7.13. The van der Waals surface area contributed by atoms with Crippen LogP contribution in [0.3, 0.4) is 0 Å². The van der Waals surface area contributed by atoms with Crippen molar-refractivity contribution in [1.82, 2.24) is 0 Å². The zero-order chi connectivity index (χ0) is 14.6. The summed E-state index contributed by atoms with van der Waals surface area (Å²) in [5.41, 5.74) is 5.17. The molecule has 1 spiro atoms. The van der Waals surface area contributed by atoms with E-state index in [1.807, 2.05) is 11.3 Å². The van der Waals surface area contributed by atoms with E-state index in [4.69, 9.17) is 4.74 Å². The average Bonchev–Trinajstić information content (AvgIpc) is 3.27. The average molecular weight is 304 g/mol. The van der Waals surface area contributed by atoms with Gasteiger partial charge in [0.05, 0.1) is 0 Å². The molecule has 1 nitrogen and oxygen atoms in total. The van der Waals surface area contributed by atoms with Crippen molar-refractivity contribution in [3.8, 4) is 10.4 Å². The van der Waals surface area contributed by atoms with Crippen molar-refractivity contribution < 1.29 is 4.74 Å². The van der Waals surface area contributed by atoms with Crippen molar-refractivity contribution in [3.05, 3.63) is 82.7 Å². The highest BCUT2D eigenvalue weighted by Gasteiger charge is 2.53. The first-order chi connectivity index (χ1) is 10.9. The van der Waals surface area contributed by atoms with Crippen molar-refractivity contribution in [1.29, 1.82) is 0 Å². The number of fused-ring (bicyclic) bond motifs is 5. The van der Waals surface area contributed by atoms with Crippen molar-refractivity contribution in [2.45, 2.75) is 17.9 Å². The molecule has 1 aliphatic heterocycles. The summed E-state index contributed by atoms with van der Waals surface area (Å²) < 4.78 is 6.49.